The summed E-state index contributed by atoms with van der Waals surface area (Å²) < 4.78 is 0. The minimum Gasteiger partial charge on any atom is -0.299 e. The van der Waals surface area contributed by atoms with Gasteiger partial charge in [-0.2, -0.15) is 0 Å². The van der Waals surface area contributed by atoms with Crippen molar-refractivity contribution in [1.82, 2.24) is 9.88 Å². The van der Waals surface area contributed by atoms with Crippen LogP contribution in [0.5, 0.6) is 0 Å². The summed E-state index contributed by atoms with van der Waals surface area (Å²) in [6.45, 7) is 9.05. The molecule has 0 radical (unpaired) electrons. The Labute approximate surface area is 125 Å². The summed E-state index contributed by atoms with van der Waals surface area (Å²) in [5.41, 5.74) is 2.69. The lowest BCUT2D eigenvalue weighted by Crippen LogP contribution is -2.48. The monoisotopic (exact) mass is 286 g/mol. The van der Waals surface area contributed by atoms with Crippen molar-refractivity contribution in [3.8, 4) is 10.4 Å². The van der Waals surface area contributed by atoms with Crippen LogP contribution in [0.3, 0.4) is 0 Å². The first kappa shape index (κ1) is 13.8. The molecule has 3 rings (SSSR count). The van der Waals surface area contributed by atoms with Crippen LogP contribution in [-0.4, -0.2) is 29.0 Å². The van der Waals surface area contributed by atoms with E-state index < -0.39 is 0 Å². The van der Waals surface area contributed by atoms with E-state index in [0.29, 0.717) is 12.0 Å². The van der Waals surface area contributed by atoms with Gasteiger partial charge in [0, 0.05) is 31.2 Å². The molecule has 3 heteroatoms. The van der Waals surface area contributed by atoms with Gasteiger partial charge in [-0.25, -0.2) is 4.98 Å². The molecule has 0 N–H and O–H groups in total. The van der Waals surface area contributed by atoms with Crippen molar-refractivity contribution in [2.75, 3.05) is 13.1 Å². The zero-order valence-electron chi connectivity index (χ0n) is 12.5. The molecule has 20 heavy (non-hydrogen) atoms. The molecule has 0 spiro atoms. The van der Waals surface area contributed by atoms with Gasteiger partial charge in [0.25, 0.3) is 0 Å². The number of hydrogen-bond donors (Lipinski definition) is 0. The number of aromatic nitrogens is 1. The number of thiazole rings is 1. The molecule has 2 heterocycles. The summed E-state index contributed by atoms with van der Waals surface area (Å²) in [7, 11) is 0. The Morgan fingerprint density at radius 1 is 1.25 bits per heavy atom. The second-order valence-electron chi connectivity index (χ2n) is 5.86. The van der Waals surface area contributed by atoms with Gasteiger partial charge in [-0.1, -0.05) is 31.2 Å². The molecule has 106 valence electrons. The zero-order valence-corrected chi connectivity index (χ0v) is 13.3. The number of hydrogen-bond acceptors (Lipinski definition) is 3. The van der Waals surface area contributed by atoms with Crippen LogP contribution in [0, 0.1) is 0 Å². The van der Waals surface area contributed by atoms with Crippen LogP contribution in [0.2, 0.25) is 0 Å². The van der Waals surface area contributed by atoms with E-state index >= 15 is 0 Å². The Morgan fingerprint density at radius 3 is 2.55 bits per heavy atom. The quantitative estimate of drug-likeness (QED) is 0.838. The lowest BCUT2D eigenvalue weighted by Gasteiger charge is -2.41. The van der Waals surface area contributed by atoms with Gasteiger partial charge in [0.05, 0.1) is 9.88 Å². The normalized spacial score (nSPS) is 16.6. The molecular weight excluding hydrogens is 264 g/mol. The van der Waals surface area contributed by atoms with Gasteiger partial charge in [0.1, 0.15) is 0 Å². The van der Waals surface area contributed by atoms with Crippen molar-refractivity contribution in [3.63, 3.8) is 0 Å². The Balaban J connectivity index is 1.70. The molecule has 2 nitrogen and oxygen atoms in total. The highest BCUT2D eigenvalue weighted by Gasteiger charge is 2.31. The molecule has 1 fully saturated rings. The molecule has 0 aliphatic carbocycles. The Morgan fingerprint density at radius 2 is 1.95 bits per heavy atom. The van der Waals surface area contributed by atoms with E-state index in [2.05, 4.69) is 54.9 Å². The maximum Gasteiger partial charge on any atom is 0.0987 e. The van der Waals surface area contributed by atoms with Crippen LogP contribution < -0.4 is 0 Å². The van der Waals surface area contributed by atoms with Crippen LogP contribution in [0.25, 0.3) is 10.4 Å². The fraction of sp³-hybridized carbons (Fsp3) is 0.471. The van der Waals surface area contributed by atoms with Crippen LogP contribution in [-0.2, 0) is 6.42 Å². The van der Waals surface area contributed by atoms with Crippen LogP contribution >= 0.6 is 11.3 Å². The van der Waals surface area contributed by atoms with Crippen molar-refractivity contribution >= 4 is 11.3 Å². The van der Waals surface area contributed by atoms with E-state index in [1.165, 1.54) is 34.1 Å². The van der Waals surface area contributed by atoms with Crippen molar-refractivity contribution in [2.24, 2.45) is 0 Å². The second-order valence-corrected chi connectivity index (χ2v) is 6.92. The molecule has 1 aromatic heterocycles. The minimum atomic E-state index is 0.645. The van der Waals surface area contributed by atoms with Gasteiger partial charge in [-0.15, -0.1) is 11.3 Å². The first-order valence-electron chi connectivity index (χ1n) is 7.46. The highest BCUT2D eigenvalue weighted by Crippen LogP contribution is 2.35. The molecule has 1 aliphatic heterocycles. The first-order chi connectivity index (χ1) is 9.67. The summed E-state index contributed by atoms with van der Waals surface area (Å²) in [4.78, 5) is 8.44. The molecule has 1 aliphatic rings. The molecule has 1 aromatic carbocycles. The zero-order chi connectivity index (χ0) is 14.1. The van der Waals surface area contributed by atoms with Gasteiger partial charge in [-0.3, -0.25) is 4.90 Å². The Bertz CT molecular complexity index is 565. The number of benzene rings is 1. The lowest BCUT2D eigenvalue weighted by atomic mass is 9.99. The third-order valence-electron chi connectivity index (χ3n) is 4.16. The maximum absolute atomic E-state index is 4.64. The second kappa shape index (κ2) is 5.66. The summed E-state index contributed by atoms with van der Waals surface area (Å²) >= 11 is 1.86. The summed E-state index contributed by atoms with van der Waals surface area (Å²) in [6.07, 6.45) is 3.14. The van der Waals surface area contributed by atoms with Gasteiger partial charge < -0.3 is 0 Å². The number of rotatable bonds is 4. The minimum absolute atomic E-state index is 0.645. The van der Waals surface area contributed by atoms with Crippen molar-refractivity contribution in [2.45, 2.75) is 39.2 Å². The van der Waals surface area contributed by atoms with Crippen LogP contribution in [0.1, 0.15) is 37.3 Å². The topological polar surface area (TPSA) is 16.1 Å². The standard InChI is InChI=1S/C17H22N2S/c1-4-13-5-7-14(8-6-13)16-9-18-17(20-16)15-10-19(11-15)12(2)3/h5-9,12,15H,4,10-11H2,1-3H3. The van der Waals surface area contributed by atoms with E-state index in [-0.39, 0.29) is 0 Å². The van der Waals surface area contributed by atoms with E-state index in [4.69, 9.17) is 0 Å². The van der Waals surface area contributed by atoms with Gasteiger partial charge in [0.2, 0.25) is 0 Å². The molecule has 2 aromatic rings. The van der Waals surface area contributed by atoms with E-state index in [1.54, 1.807) is 0 Å². The molecule has 0 unspecified atom stereocenters. The van der Waals surface area contributed by atoms with Crippen molar-refractivity contribution in [1.29, 1.82) is 0 Å². The average molecular weight is 286 g/mol. The lowest BCUT2D eigenvalue weighted by molar-refractivity contribution is 0.110. The summed E-state index contributed by atoms with van der Waals surface area (Å²) in [5.74, 6) is 0.645. The molecule has 0 amide bonds. The highest BCUT2D eigenvalue weighted by atomic mass is 32.1. The maximum atomic E-state index is 4.64. The molecule has 0 bridgehead atoms. The van der Waals surface area contributed by atoms with Crippen molar-refractivity contribution < 1.29 is 0 Å². The largest absolute Gasteiger partial charge is 0.299 e. The van der Waals surface area contributed by atoms with Crippen LogP contribution in [0.15, 0.2) is 30.5 Å². The Kier molecular flexibility index (Phi) is 3.90. The molecular formula is C17H22N2S. The number of likely N-dealkylation sites (tertiary alicyclic amines) is 1. The van der Waals surface area contributed by atoms with Gasteiger partial charge >= 0.3 is 0 Å². The van der Waals surface area contributed by atoms with E-state index in [0.717, 1.165) is 6.42 Å². The van der Waals surface area contributed by atoms with E-state index in [9.17, 15) is 0 Å². The van der Waals surface area contributed by atoms with Crippen LogP contribution in [0.4, 0.5) is 0 Å². The Hall–Kier alpha value is -1.19. The third kappa shape index (κ3) is 2.65. The highest BCUT2D eigenvalue weighted by molar-refractivity contribution is 7.15. The predicted octanol–water partition coefficient (Wildman–Crippen LogP) is 4.18. The number of nitrogens with zero attached hydrogens (tertiary/aromatic N) is 2. The molecule has 0 saturated carbocycles. The average Bonchev–Trinajstić information content (AvgIpc) is 2.86. The van der Waals surface area contributed by atoms with Gasteiger partial charge in [-0.05, 0) is 31.4 Å². The smallest absolute Gasteiger partial charge is 0.0987 e. The summed E-state index contributed by atoms with van der Waals surface area (Å²) in [6, 6.07) is 9.54. The molecule has 1 saturated heterocycles. The first-order valence-corrected chi connectivity index (χ1v) is 8.28. The number of aryl methyl sites for hydroxylation is 1. The molecule has 0 atom stereocenters. The van der Waals surface area contributed by atoms with Gasteiger partial charge in [0.15, 0.2) is 0 Å². The fourth-order valence-corrected chi connectivity index (χ4v) is 3.61. The third-order valence-corrected chi connectivity index (χ3v) is 5.37. The SMILES string of the molecule is CCc1ccc(-c2cnc(C3CN(C(C)C)C3)s2)cc1. The summed E-state index contributed by atoms with van der Waals surface area (Å²) in [5, 5.41) is 1.30. The van der Waals surface area contributed by atoms with Crippen molar-refractivity contribution in [3.05, 3.63) is 41.0 Å². The van der Waals surface area contributed by atoms with E-state index in [1.807, 2.05) is 17.5 Å². The fourth-order valence-electron chi connectivity index (χ4n) is 2.61. The predicted molar refractivity (Wildman–Crippen MR) is 86.4 cm³/mol.